The number of hydrogen-bond acceptors (Lipinski definition) is 3. The first-order valence-electron chi connectivity index (χ1n) is 6.50. The Morgan fingerprint density at radius 1 is 0.900 bits per heavy atom. The molecule has 0 bridgehead atoms. The van der Waals surface area contributed by atoms with Crippen LogP contribution in [0.2, 0.25) is 0 Å². The molecule has 0 spiro atoms. The van der Waals surface area contributed by atoms with Crippen LogP contribution in [0.4, 0.5) is 0 Å². The molecule has 4 rings (SSSR count). The van der Waals surface area contributed by atoms with Crippen molar-refractivity contribution in [3.63, 3.8) is 0 Å². The predicted octanol–water partition coefficient (Wildman–Crippen LogP) is 4.35. The van der Waals surface area contributed by atoms with Gasteiger partial charge in [0.1, 0.15) is 17.5 Å². The van der Waals surface area contributed by atoms with Gasteiger partial charge in [0, 0.05) is 28.7 Å². The van der Waals surface area contributed by atoms with Crippen LogP contribution in [0, 0.1) is 6.92 Å². The number of nitrogens with zero attached hydrogens (tertiary/aromatic N) is 2. The number of furan rings is 1. The van der Waals surface area contributed by atoms with Gasteiger partial charge in [0.15, 0.2) is 0 Å². The molecule has 0 saturated heterocycles. The van der Waals surface area contributed by atoms with Gasteiger partial charge >= 0.3 is 0 Å². The van der Waals surface area contributed by atoms with Gasteiger partial charge in [0.05, 0.1) is 0 Å². The minimum Gasteiger partial charge on any atom is -0.456 e. The molecule has 0 saturated carbocycles. The molecular weight excluding hydrogens is 248 g/mol. The summed E-state index contributed by atoms with van der Waals surface area (Å²) < 4.78 is 5.95. The molecule has 3 heteroatoms. The Bertz CT molecular complexity index is 910. The Labute approximate surface area is 115 Å². The van der Waals surface area contributed by atoms with E-state index in [4.69, 9.17) is 4.42 Å². The first kappa shape index (κ1) is 11.2. The van der Waals surface area contributed by atoms with E-state index >= 15 is 0 Å². The van der Waals surface area contributed by atoms with Gasteiger partial charge in [-0.3, -0.25) is 0 Å². The summed E-state index contributed by atoms with van der Waals surface area (Å²) in [5.41, 5.74) is 5.12. The maximum atomic E-state index is 5.95. The number of aromatic nitrogens is 2. The van der Waals surface area contributed by atoms with E-state index in [1.807, 2.05) is 30.6 Å². The van der Waals surface area contributed by atoms with E-state index in [1.54, 1.807) is 0 Å². The smallest absolute Gasteiger partial charge is 0.136 e. The third-order valence-electron chi connectivity index (χ3n) is 3.60. The van der Waals surface area contributed by atoms with Crippen molar-refractivity contribution in [1.82, 2.24) is 9.97 Å². The number of hydrogen-bond donors (Lipinski definition) is 0. The Hall–Kier alpha value is -2.68. The highest BCUT2D eigenvalue weighted by Crippen LogP contribution is 2.33. The molecule has 0 radical (unpaired) electrons. The van der Waals surface area contributed by atoms with Gasteiger partial charge in [-0.05, 0) is 36.2 Å². The van der Waals surface area contributed by atoms with Crippen molar-refractivity contribution in [3.8, 4) is 11.1 Å². The zero-order valence-corrected chi connectivity index (χ0v) is 11.0. The molecule has 0 amide bonds. The Morgan fingerprint density at radius 2 is 1.75 bits per heavy atom. The molecule has 0 atom stereocenters. The van der Waals surface area contributed by atoms with Gasteiger partial charge in [0.2, 0.25) is 0 Å². The van der Waals surface area contributed by atoms with Crippen molar-refractivity contribution < 1.29 is 4.42 Å². The quantitative estimate of drug-likeness (QED) is 0.510. The van der Waals surface area contributed by atoms with E-state index in [1.165, 1.54) is 17.3 Å². The van der Waals surface area contributed by atoms with Gasteiger partial charge in [-0.1, -0.05) is 18.2 Å². The summed E-state index contributed by atoms with van der Waals surface area (Å²) >= 11 is 0. The second-order valence-corrected chi connectivity index (χ2v) is 4.89. The van der Waals surface area contributed by atoms with Gasteiger partial charge in [-0.15, -0.1) is 0 Å². The highest BCUT2D eigenvalue weighted by Gasteiger charge is 2.10. The molecule has 2 heterocycles. The molecule has 96 valence electrons. The summed E-state index contributed by atoms with van der Waals surface area (Å²) in [5, 5.41) is 2.34. The number of rotatable bonds is 1. The number of aryl methyl sites for hydroxylation is 1. The van der Waals surface area contributed by atoms with Crippen molar-refractivity contribution in [2.24, 2.45) is 0 Å². The lowest BCUT2D eigenvalue weighted by Crippen LogP contribution is -1.81. The van der Waals surface area contributed by atoms with Crippen molar-refractivity contribution in [2.75, 3.05) is 0 Å². The van der Waals surface area contributed by atoms with Crippen LogP contribution in [0.15, 0.2) is 59.5 Å². The fraction of sp³-hybridized carbons (Fsp3) is 0.0588. The monoisotopic (exact) mass is 260 g/mol. The predicted molar refractivity (Wildman–Crippen MR) is 79.5 cm³/mol. The summed E-state index contributed by atoms with van der Waals surface area (Å²) in [6.45, 7) is 2.11. The van der Waals surface area contributed by atoms with Crippen molar-refractivity contribution in [2.45, 2.75) is 6.92 Å². The third kappa shape index (κ3) is 1.60. The fourth-order valence-corrected chi connectivity index (χ4v) is 2.63. The summed E-state index contributed by atoms with van der Waals surface area (Å²) in [5.74, 6) is 0. The van der Waals surface area contributed by atoms with Crippen LogP contribution in [0.1, 0.15) is 5.56 Å². The molecule has 2 aromatic heterocycles. The third-order valence-corrected chi connectivity index (χ3v) is 3.60. The minimum atomic E-state index is 0.899. The van der Waals surface area contributed by atoms with Crippen LogP contribution in [-0.2, 0) is 0 Å². The van der Waals surface area contributed by atoms with Crippen LogP contribution in [0.3, 0.4) is 0 Å². The van der Waals surface area contributed by atoms with Crippen LogP contribution in [-0.4, -0.2) is 9.97 Å². The van der Waals surface area contributed by atoms with Crippen LogP contribution >= 0.6 is 0 Å². The summed E-state index contributed by atoms with van der Waals surface area (Å²) in [7, 11) is 0. The molecule has 3 nitrogen and oxygen atoms in total. The number of fused-ring (bicyclic) bond motifs is 3. The highest BCUT2D eigenvalue weighted by atomic mass is 16.3. The van der Waals surface area contributed by atoms with Crippen molar-refractivity contribution in [3.05, 3.63) is 60.7 Å². The average molecular weight is 260 g/mol. The fourth-order valence-electron chi connectivity index (χ4n) is 2.63. The molecule has 0 aliphatic heterocycles. The molecule has 0 unspecified atom stereocenters. The van der Waals surface area contributed by atoms with Crippen LogP contribution < -0.4 is 0 Å². The summed E-state index contributed by atoms with van der Waals surface area (Å²) in [6.07, 6.45) is 5.15. The largest absolute Gasteiger partial charge is 0.456 e. The van der Waals surface area contributed by atoms with Gasteiger partial charge < -0.3 is 4.42 Å². The van der Waals surface area contributed by atoms with E-state index in [0.717, 1.165) is 27.7 Å². The molecule has 20 heavy (non-hydrogen) atoms. The van der Waals surface area contributed by atoms with E-state index in [0.29, 0.717) is 0 Å². The maximum Gasteiger partial charge on any atom is 0.136 e. The Morgan fingerprint density at radius 3 is 2.60 bits per heavy atom. The summed E-state index contributed by atoms with van der Waals surface area (Å²) in [6, 6.07) is 12.4. The zero-order valence-electron chi connectivity index (χ0n) is 11.0. The molecule has 0 aliphatic rings. The van der Waals surface area contributed by atoms with Crippen LogP contribution in [0.25, 0.3) is 33.1 Å². The van der Waals surface area contributed by atoms with E-state index in [9.17, 15) is 0 Å². The lowest BCUT2D eigenvalue weighted by Gasteiger charge is -1.99. The van der Waals surface area contributed by atoms with Gasteiger partial charge in [-0.2, -0.15) is 0 Å². The highest BCUT2D eigenvalue weighted by molar-refractivity contribution is 6.07. The normalized spacial score (nSPS) is 11.2. The zero-order chi connectivity index (χ0) is 13.5. The standard InChI is InChI=1S/C17H12N2O/c1-11-3-2-4-15-17(11)14-6-5-12(7-16(14)20-15)13-8-18-10-19-9-13/h2-10H,1H3. The molecule has 0 N–H and O–H groups in total. The Balaban J connectivity index is 2.01. The lowest BCUT2D eigenvalue weighted by atomic mass is 10.0. The van der Waals surface area contributed by atoms with E-state index in [2.05, 4.69) is 35.1 Å². The summed E-state index contributed by atoms with van der Waals surface area (Å²) in [4.78, 5) is 8.11. The first-order valence-corrected chi connectivity index (χ1v) is 6.50. The molecule has 2 aromatic carbocycles. The number of benzene rings is 2. The SMILES string of the molecule is Cc1cccc2oc3cc(-c4cncnc4)ccc3c12. The lowest BCUT2D eigenvalue weighted by molar-refractivity contribution is 0.669. The van der Waals surface area contributed by atoms with Gasteiger partial charge in [-0.25, -0.2) is 9.97 Å². The van der Waals surface area contributed by atoms with Crippen molar-refractivity contribution >= 4 is 21.9 Å². The molecule has 0 fully saturated rings. The molecule has 4 aromatic rings. The van der Waals surface area contributed by atoms with Gasteiger partial charge in [0.25, 0.3) is 0 Å². The maximum absolute atomic E-state index is 5.95. The van der Waals surface area contributed by atoms with E-state index < -0.39 is 0 Å². The minimum absolute atomic E-state index is 0.899. The second kappa shape index (κ2) is 4.17. The van der Waals surface area contributed by atoms with Crippen molar-refractivity contribution in [1.29, 1.82) is 0 Å². The van der Waals surface area contributed by atoms with Crippen LogP contribution in [0.5, 0.6) is 0 Å². The second-order valence-electron chi connectivity index (χ2n) is 4.89. The molecule has 0 aliphatic carbocycles. The topological polar surface area (TPSA) is 38.9 Å². The molecular formula is C17H12N2O. The average Bonchev–Trinajstić information content (AvgIpc) is 2.87. The van der Waals surface area contributed by atoms with E-state index in [-0.39, 0.29) is 0 Å². The Kier molecular flexibility index (Phi) is 2.33. The first-order chi connectivity index (χ1) is 9.83.